The van der Waals surface area contributed by atoms with Gasteiger partial charge in [-0.05, 0) is 49.9 Å². The van der Waals surface area contributed by atoms with Crippen molar-refractivity contribution in [3.63, 3.8) is 0 Å². The zero-order chi connectivity index (χ0) is 13.5. The van der Waals surface area contributed by atoms with Gasteiger partial charge in [-0.1, -0.05) is 20.3 Å². The zero-order valence-electron chi connectivity index (χ0n) is 12.0. The van der Waals surface area contributed by atoms with Crippen molar-refractivity contribution in [2.45, 2.75) is 53.4 Å². The Balaban J connectivity index is 2.89. The van der Waals surface area contributed by atoms with Crippen molar-refractivity contribution in [3.05, 3.63) is 28.8 Å². The van der Waals surface area contributed by atoms with Crippen LogP contribution in [-0.4, -0.2) is 12.4 Å². The predicted octanol–water partition coefficient (Wildman–Crippen LogP) is 4.47. The van der Waals surface area contributed by atoms with Crippen LogP contribution >= 0.6 is 0 Å². The molecule has 0 saturated heterocycles. The lowest BCUT2D eigenvalue weighted by Crippen LogP contribution is -2.05. The van der Waals surface area contributed by atoms with Crippen molar-refractivity contribution >= 4 is 5.78 Å². The Labute approximate surface area is 110 Å². The maximum absolute atomic E-state index is 12.1. The van der Waals surface area contributed by atoms with Crippen molar-refractivity contribution in [1.82, 2.24) is 0 Å². The molecule has 0 heterocycles. The molecule has 100 valence electrons. The van der Waals surface area contributed by atoms with Gasteiger partial charge in [-0.25, -0.2) is 0 Å². The Morgan fingerprint density at radius 3 is 2.44 bits per heavy atom. The van der Waals surface area contributed by atoms with E-state index in [0.717, 1.165) is 48.3 Å². The molecule has 0 fully saturated rings. The van der Waals surface area contributed by atoms with E-state index in [1.54, 1.807) is 0 Å². The quantitative estimate of drug-likeness (QED) is 0.666. The zero-order valence-corrected chi connectivity index (χ0v) is 12.0. The summed E-state index contributed by atoms with van der Waals surface area (Å²) in [6.07, 6.45) is 3.66. The van der Waals surface area contributed by atoms with Crippen LogP contribution < -0.4 is 4.74 Å². The lowest BCUT2D eigenvalue weighted by Gasteiger charge is -2.13. The van der Waals surface area contributed by atoms with Crippen molar-refractivity contribution < 1.29 is 9.53 Å². The minimum Gasteiger partial charge on any atom is -0.493 e. The number of hydrogen-bond donors (Lipinski definition) is 0. The average molecular weight is 248 g/mol. The van der Waals surface area contributed by atoms with Gasteiger partial charge in [-0.15, -0.1) is 0 Å². The Morgan fingerprint density at radius 2 is 1.83 bits per heavy atom. The van der Waals surface area contributed by atoms with Gasteiger partial charge in [0.1, 0.15) is 5.75 Å². The highest BCUT2D eigenvalue weighted by molar-refractivity contribution is 5.97. The molecule has 0 atom stereocenters. The van der Waals surface area contributed by atoms with Gasteiger partial charge in [0.15, 0.2) is 5.78 Å². The van der Waals surface area contributed by atoms with E-state index in [0.29, 0.717) is 6.42 Å². The van der Waals surface area contributed by atoms with Gasteiger partial charge < -0.3 is 4.74 Å². The number of ketones is 1. The summed E-state index contributed by atoms with van der Waals surface area (Å²) < 4.78 is 5.67. The second-order valence-electron chi connectivity index (χ2n) is 4.74. The van der Waals surface area contributed by atoms with E-state index in [-0.39, 0.29) is 5.78 Å². The first-order valence-corrected chi connectivity index (χ1v) is 6.88. The second-order valence-corrected chi connectivity index (χ2v) is 4.74. The number of benzene rings is 1. The van der Waals surface area contributed by atoms with Crippen molar-refractivity contribution in [2.24, 2.45) is 0 Å². The molecule has 1 aromatic rings. The topological polar surface area (TPSA) is 26.3 Å². The fourth-order valence-electron chi connectivity index (χ4n) is 1.94. The summed E-state index contributed by atoms with van der Waals surface area (Å²) in [5, 5.41) is 0. The Bertz CT molecular complexity index is 408. The largest absolute Gasteiger partial charge is 0.493 e. The molecule has 0 saturated carbocycles. The highest BCUT2D eigenvalue weighted by Crippen LogP contribution is 2.25. The first-order chi connectivity index (χ1) is 8.61. The van der Waals surface area contributed by atoms with Crippen LogP contribution in [0.4, 0.5) is 0 Å². The number of ether oxygens (including phenoxy) is 1. The van der Waals surface area contributed by atoms with Crippen LogP contribution in [0.25, 0.3) is 0 Å². The van der Waals surface area contributed by atoms with Gasteiger partial charge in [0, 0.05) is 12.0 Å². The highest BCUT2D eigenvalue weighted by atomic mass is 16.5. The Kier molecular flexibility index (Phi) is 5.90. The van der Waals surface area contributed by atoms with Crippen LogP contribution in [-0.2, 0) is 0 Å². The van der Waals surface area contributed by atoms with Crippen LogP contribution in [0.5, 0.6) is 5.75 Å². The number of unbranched alkanes of at least 4 members (excludes halogenated alkanes) is 1. The molecule has 2 nitrogen and oxygen atoms in total. The Morgan fingerprint density at radius 1 is 1.11 bits per heavy atom. The average Bonchev–Trinajstić information content (AvgIpc) is 2.37. The van der Waals surface area contributed by atoms with Gasteiger partial charge in [-0.2, -0.15) is 0 Å². The molecule has 0 aromatic heterocycles. The third kappa shape index (κ3) is 3.59. The number of carbonyl (C=O) groups is 1. The summed E-state index contributed by atoms with van der Waals surface area (Å²) in [6, 6.07) is 3.84. The molecule has 0 spiro atoms. The van der Waals surface area contributed by atoms with Crippen molar-refractivity contribution in [2.75, 3.05) is 6.61 Å². The maximum atomic E-state index is 12.1. The van der Waals surface area contributed by atoms with Crippen LogP contribution in [0, 0.1) is 13.8 Å². The standard InChI is InChI=1S/C16H24O2/c1-5-7-8-15(17)14-9-10-16(18-11-6-2)13(4)12(14)3/h9-10H,5-8,11H2,1-4H3. The summed E-state index contributed by atoms with van der Waals surface area (Å²) in [7, 11) is 0. The molecule has 0 bridgehead atoms. The Hall–Kier alpha value is -1.31. The molecule has 0 aliphatic rings. The third-order valence-electron chi connectivity index (χ3n) is 3.26. The van der Waals surface area contributed by atoms with Crippen LogP contribution in [0.15, 0.2) is 12.1 Å². The highest BCUT2D eigenvalue weighted by Gasteiger charge is 2.12. The molecular weight excluding hydrogens is 224 g/mol. The summed E-state index contributed by atoms with van der Waals surface area (Å²) in [4.78, 5) is 12.1. The normalized spacial score (nSPS) is 10.4. The number of rotatable bonds is 7. The van der Waals surface area contributed by atoms with E-state index in [1.165, 1.54) is 0 Å². The van der Waals surface area contributed by atoms with E-state index < -0.39 is 0 Å². The molecule has 0 aliphatic carbocycles. The third-order valence-corrected chi connectivity index (χ3v) is 3.26. The molecular formula is C16H24O2. The molecule has 1 rings (SSSR count). The first kappa shape index (κ1) is 14.7. The molecule has 0 aliphatic heterocycles. The molecule has 0 N–H and O–H groups in total. The van der Waals surface area contributed by atoms with Gasteiger partial charge in [0.25, 0.3) is 0 Å². The van der Waals surface area contributed by atoms with Gasteiger partial charge in [0.05, 0.1) is 6.61 Å². The van der Waals surface area contributed by atoms with Gasteiger partial charge in [-0.3, -0.25) is 4.79 Å². The minimum absolute atomic E-state index is 0.250. The van der Waals surface area contributed by atoms with Crippen LogP contribution in [0.1, 0.15) is 61.0 Å². The fourth-order valence-corrected chi connectivity index (χ4v) is 1.94. The van der Waals surface area contributed by atoms with Gasteiger partial charge >= 0.3 is 0 Å². The van der Waals surface area contributed by atoms with E-state index >= 15 is 0 Å². The summed E-state index contributed by atoms with van der Waals surface area (Å²) in [5.74, 6) is 1.15. The van der Waals surface area contributed by atoms with E-state index in [9.17, 15) is 4.79 Å². The van der Waals surface area contributed by atoms with Crippen LogP contribution in [0.2, 0.25) is 0 Å². The smallest absolute Gasteiger partial charge is 0.163 e. The minimum atomic E-state index is 0.250. The number of Topliss-reactive ketones (excluding diaryl/α,β-unsaturated/α-hetero) is 1. The summed E-state index contributed by atoms with van der Waals surface area (Å²) in [6.45, 7) is 8.95. The second kappa shape index (κ2) is 7.20. The monoisotopic (exact) mass is 248 g/mol. The fraction of sp³-hybridized carbons (Fsp3) is 0.562. The molecule has 0 unspecified atom stereocenters. The van der Waals surface area contributed by atoms with E-state index in [1.807, 2.05) is 26.0 Å². The molecule has 0 amide bonds. The van der Waals surface area contributed by atoms with E-state index in [2.05, 4.69) is 13.8 Å². The molecule has 2 heteroatoms. The number of hydrogen-bond acceptors (Lipinski definition) is 2. The SMILES string of the molecule is CCCCC(=O)c1ccc(OCCC)c(C)c1C. The lowest BCUT2D eigenvalue weighted by atomic mass is 9.97. The molecule has 0 radical (unpaired) electrons. The summed E-state index contributed by atoms with van der Waals surface area (Å²) >= 11 is 0. The predicted molar refractivity (Wildman–Crippen MR) is 75.6 cm³/mol. The van der Waals surface area contributed by atoms with Crippen LogP contribution in [0.3, 0.4) is 0 Å². The lowest BCUT2D eigenvalue weighted by molar-refractivity contribution is 0.0979. The van der Waals surface area contributed by atoms with Crippen molar-refractivity contribution in [1.29, 1.82) is 0 Å². The van der Waals surface area contributed by atoms with E-state index in [4.69, 9.17) is 4.74 Å². The molecule has 18 heavy (non-hydrogen) atoms. The van der Waals surface area contributed by atoms with Gasteiger partial charge in [0.2, 0.25) is 0 Å². The van der Waals surface area contributed by atoms with Crippen molar-refractivity contribution in [3.8, 4) is 5.75 Å². The number of carbonyl (C=O) groups excluding carboxylic acids is 1. The molecule has 1 aromatic carbocycles. The first-order valence-electron chi connectivity index (χ1n) is 6.88. The summed E-state index contributed by atoms with van der Waals surface area (Å²) in [5.41, 5.74) is 3.00. The maximum Gasteiger partial charge on any atom is 0.163 e.